The average Bonchev–Trinajstić information content (AvgIpc) is 3.46. The number of aryl methyl sites for hydroxylation is 2. The monoisotopic (exact) mass is 544 g/mol. The van der Waals surface area contributed by atoms with Crippen LogP contribution in [0.25, 0.3) is 70.5 Å². The zero-order valence-corrected chi connectivity index (χ0v) is 19.8. The van der Waals surface area contributed by atoms with E-state index in [-0.39, 0.29) is 0 Å². The van der Waals surface area contributed by atoms with Crippen molar-refractivity contribution in [3.05, 3.63) is 57.3 Å². The van der Waals surface area contributed by atoms with Crippen molar-refractivity contribution in [3.63, 3.8) is 0 Å². The summed E-state index contributed by atoms with van der Waals surface area (Å²) in [4.78, 5) is 10.6. The summed E-state index contributed by atoms with van der Waals surface area (Å²) in [6, 6.07) is 4.61. The van der Waals surface area contributed by atoms with E-state index in [1.807, 2.05) is 0 Å². The van der Waals surface area contributed by atoms with Gasteiger partial charge in [-0.05, 0) is 0 Å². The largest absolute Gasteiger partial charge is 0.335 e. The highest BCUT2D eigenvalue weighted by Crippen LogP contribution is 2.47. The van der Waals surface area contributed by atoms with Crippen molar-refractivity contribution in [1.82, 2.24) is 19.1 Å². The van der Waals surface area contributed by atoms with Gasteiger partial charge in [-0.25, -0.2) is 46.4 Å². The minimum Gasteiger partial charge on any atom is -0.335 e. The van der Waals surface area contributed by atoms with Gasteiger partial charge in [0.25, 0.3) is 0 Å². The maximum absolute atomic E-state index is 16.0. The van der Waals surface area contributed by atoms with Crippen molar-refractivity contribution >= 4 is 65.7 Å². The Kier molecular flexibility index (Phi) is 4.79. The fourth-order valence-corrected chi connectivity index (χ4v) is 5.28. The molecule has 2 aromatic heterocycles. The molecule has 0 radical (unpaired) electrons. The van der Waals surface area contributed by atoms with Crippen LogP contribution in [0, 0.1) is 75.5 Å². The second kappa shape index (κ2) is 7.83. The third-order valence-electron chi connectivity index (χ3n) is 6.91. The van der Waals surface area contributed by atoms with Gasteiger partial charge in [0.05, 0.1) is 34.4 Å². The van der Waals surface area contributed by atoms with E-state index in [2.05, 4.69) is 14.8 Å². The van der Waals surface area contributed by atoms with Crippen LogP contribution in [0.1, 0.15) is 0 Å². The molecule has 6 rings (SSSR count). The number of aromatic nitrogens is 4. The number of benzene rings is 4. The van der Waals surface area contributed by atoms with E-state index in [9.17, 15) is 15.8 Å². The van der Waals surface area contributed by atoms with Crippen LogP contribution >= 0.6 is 0 Å². The molecule has 0 aliphatic heterocycles. The van der Waals surface area contributed by atoms with E-state index in [4.69, 9.17) is 6.57 Å². The number of halogens is 6. The normalized spacial score (nSPS) is 12.3. The Labute approximate surface area is 216 Å². The molecule has 8 nitrogen and oxygen atoms in total. The first-order chi connectivity index (χ1) is 19.0. The molecule has 0 spiro atoms. The molecule has 2 heterocycles. The Balaban J connectivity index is 2.11. The fourth-order valence-electron chi connectivity index (χ4n) is 5.28. The number of hydrogen-bond acceptors (Lipinski definition) is 5. The van der Waals surface area contributed by atoms with Crippen molar-refractivity contribution in [1.29, 1.82) is 15.8 Å². The lowest BCUT2D eigenvalue weighted by molar-refractivity contribution is 0.514. The predicted molar refractivity (Wildman–Crippen MR) is 128 cm³/mol. The molecule has 0 unspecified atom stereocenters. The summed E-state index contributed by atoms with van der Waals surface area (Å²) in [7, 11) is 2.34. The molecule has 0 saturated heterocycles. The predicted octanol–water partition coefficient (Wildman–Crippen LogP) is 3.94. The minimum atomic E-state index is -1.93. The number of nitrogens with zero attached hydrogens (tertiary/aromatic N) is 8. The molecule has 0 saturated carbocycles. The highest BCUT2D eigenvalue weighted by atomic mass is 19.2. The van der Waals surface area contributed by atoms with Crippen molar-refractivity contribution in [2.45, 2.75) is 0 Å². The van der Waals surface area contributed by atoms with E-state index in [0.717, 1.165) is 9.13 Å². The van der Waals surface area contributed by atoms with Gasteiger partial charge in [-0.15, -0.1) is 0 Å². The quantitative estimate of drug-likeness (QED) is 0.163. The van der Waals surface area contributed by atoms with Gasteiger partial charge in [-0.2, -0.15) is 10.5 Å². The molecule has 40 heavy (non-hydrogen) atoms. The molecule has 0 fully saturated rings. The molecule has 4 aromatic carbocycles. The van der Waals surface area contributed by atoms with Crippen LogP contribution in [0.3, 0.4) is 0 Å². The number of imidazole rings is 2. The maximum atomic E-state index is 16.0. The summed E-state index contributed by atoms with van der Waals surface area (Å²) < 4.78 is 96.7. The lowest BCUT2D eigenvalue weighted by Crippen LogP contribution is -2.18. The van der Waals surface area contributed by atoms with Crippen molar-refractivity contribution in [3.8, 4) is 18.2 Å². The van der Waals surface area contributed by atoms with Gasteiger partial charge >= 0.3 is 5.70 Å². The summed E-state index contributed by atoms with van der Waals surface area (Å²) >= 11 is 0. The van der Waals surface area contributed by atoms with Gasteiger partial charge in [0.2, 0.25) is 0 Å². The number of fused-ring (bicyclic) bond motifs is 4. The molecule has 0 aliphatic rings. The summed E-state index contributed by atoms with van der Waals surface area (Å²) in [6.45, 7) is 7.17. The SMILES string of the molecule is [C-]#[N+]/C(C#N)=c1\nc2c(F)c3c(F)c(F)c4c(F)c5nc(=C(C#N)C#N)n(C)c5c5c(F)c(F)c(c3c45)c2n1C. The Morgan fingerprint density at radius 3 is 1.43 bits per heavy atom. The lowest BCUT2D eigenvalue weighted by Gasteiger charge is -2.17. The molecule has 0 amide bonds. The van der Waals surface area contributed by atoms with Gasteiger partial charge in [-0.1, -0.05) is 0 Å². The van der Waals surface area contributed by atoms with Crippen molar-refractivity contribution in [2.75, 3.05) is 0 Å². The summed E-state index contributed by atoms with van der Waals surface area (Å²) in [6.07, 6.45) is 0. The Morgan fingerprint density at radius 2 is 1.02 bits per heavy atom. The van der Waals surface area contributed by atoms with E-state index >= 15 is 26.3 Å². The van der Waals surface area contributed by atoms with E-state index in [1.54, 1.807) is 6.07 Å². The van der Waals surface area contributed by atoms with Crippen molar-refractivity contribution < 1.29 is 26.3 Å². The molecule has 0 bridgehead atoms. The maximum Gasteiger partial charge on any atom is 0.303 e. The van der Waals surface area contributed by atoms with Gasteiger partial charge in [0, 0.05) is 35.6 Å². The number of nitriles is 3. The van der Waals surface area contributed by atoms with E-state index < -0.39 is 112 Å². The van der Waals surface area contributed by atoms with Gasteiger partial charge in [0.1, 0.15) is 28.7 Å². The number of rotatable bonds is 0. The molecule has 0 N–H and O–H groups in total. The molecular weight excluding hydrogens is 538 g/mol. The summed E-state index contributed by atoms with van der Waals surface area (Å²) in [5, 5.41) is 22.4. The lowest BCUT2D eigenvalue weighted by atomic mass is 9.90. The third kappa shape index (κ3) is 2.57. The molecule has 6 aromatic rings. The fraction of sp³-hybridized carbons (Fsp3) is 0.0769. The first-order valence-electron chi connectivity index (χ1n) is 10.9. The first-order valence-corrected chi connectivity index (χ1v) is 10.9. The zero-order chi connectivity index (χ0) is 28.9. The average molecular weight is 544 g/mol. The van der Waals surface area contributed by atoms with Crippen molar-refractivity contribution in [2.24, 2.45) is 14.1 Å². The summed E-state index contributed by atoms with van der Waals surface area (Å²) in [5.74, 6) is -10.3. The Bertz CT molecular complexity index is 2310. The van der Waals surface area contributed by atoms with E-state index in [0.29, 0.717) is 0 Å². The summed E-state index contributed by atoms with van der Waals surface area (Å²) in [5.41, 5.74) is -4.78. The molecule has 0 aliphatic carbocycles. The highest BCUT2D eigenvalue weighted by molar-refractivity contribution is 6.32. The highest BCUT2D eigenvalue weighted by Gasteiger charge is 2.34. The smallest absolute Gasteiger partial charge is 0.303 e. The van der Waals surface area contributed by atoms with Crippen LogP contribution in [-0.4, -0.2) is 19.1 Å². The van der Waals surface area contributed by atoms with Crippen LogP contribution in [0.5, 0.6) is 0 Å². The second-order valence-electron chi connectivity index (χ2n) is 8.69. The molecule has 14 heteroatoms. The van der Waals surface area contributed by atoms with E-state index in [1.165, 1.54) is 26.2 Å². The standard InChI is InChI=1S/C26H6F6N8/c1-36-8(6-35)26-38-22-20(32)12-10-9-11(15(27)16(12)28)19(31)21-23(39(2)25(37-21)7(4-33)5-34)13(9)17(29)18(30)14(10)24(22)40(26)3/h2-3H3/b26-8+. The van der Waals surface area contributed by atoms with Crippen LogP contribution < -0.4 is 11.0 Å². The van der Waals surface area contributed by atoms with Gasteiger partial charge in [-0.3, -0.25) is 0 Å². The topological polar surface area (TPSA) is 111 Å². The Hall–Kier alpha value is -5.86. The second-order valence-corrected chi connectivity index (χ2v) is 8.69. The Morgan fingerprint density at radius 1 is 0.625 bits per heavy atom. The van der Waals surface area contributed by atoms with Crippen LogP contribution in [0.4, 0.5) is 26.3 Å². The first kappa shape index (κ1) is 24.5. The zero-order valence-electron chi connectivity index (χ0n) is 19.8. The van der Waals surface area contributed by atoms with Gasteiger partial charge in [0.15, 0.2) is 46.0 Å². The molecule has 0 atom stereocenters. The van der Waals surface area contributed by atoms with Crippen LogP contribution in [0.15, 0.2) is 0 Å². The minimum absolute atomic E-state index is 0.455. The van der Waals surface area contributed by atoms with Gasteiger partial charge < -0.3 is 9.13 Å². The third-order valence-corrected chi connectivity index (χ3v) is 6.91. The molecular formula is C26H6F6N8. The van der Waals surface area contributed by atoms with Crippen LogP contribution in [-0.2, 0) is 14.1 Å². The van der Waals surface area contributed by atoms with Crippen LogP contribution in [0.2, 0.25) is 0 Å². The molecule has 192 valence electrons. The number of hydrogen-bond donors (Lipinski definition) is 0.